The van der Waals surface area contributed by atoms with Gasteiger partial charge in [-0.25, -0.2) is 4.98 Å². The number of oxazole rings is 1. The summed E-state index contributed by atoms with van der Waals surface area (Å²) >= 11 is 0. The molecule has 0 aliphatic carbocycles. The van der Waals surface area contributed by atoms with E-state index in [0.717, 1.165) is 24.2 Å². The lowest BCUT2D eigenvalue weighted by molar-refractivity contribution is -0.137. The molecule has 2 atom stereocenters. The first-order chi connectivity index (χ1) is 24.6. The van der Waals surface area contributed by atoms with E-state index in [1.54, 1.807) is 60.9 Å². The molecule has 2 bridgehead atoms. The van der Waals surface area contributed by atoms with Crippen LogP contribution in [0.5, 0.6) is 0 Å². The van der Waals surface area contributed by atoms with Gasteiger partial charge in [0, 0.05) is 66.5 Å². The Morgan fingerprint density at radius 3 is 2.47 bits per heavy atom. The zero-order valence-electron chi connectivity index (χ0n) is 26.9. The predicted octanol–water partition coefficient (Wildman–Crippen LogP) is 7.20. The second-order valence-electron chi connectivity index (χ2n) is 12.8. The largest absolute Gasteiger partial charge is 0.436 e. The quantitative estimate of drug-likeness (QED) is 0.190. The van der Waals surface area contributed by atoms with Crippen molar-refractivity contribution in [1.82, 2.24) is 14.5 Å². The second kappa shape index (κ2) is 12.6. The molecule has 0 spiro atoms. The normalized spacial score (nSPS) is 16.8. The van der Waals surface area contributed by atoms with Gasteiger partial charge >= 0.3 is 6.18 Å². The van der Waals surface area contributed by atoms with E-state index < -0.39 is 23.6 Å². The van der Waals surface area contributed by atoms with Crippen LogP contribution in [0, 0.1) is 5.92 Å². The van der Waals surface area contributed by atoms with Crippen LogP contribution in [-0.4, -0.2) is 39.4 Å². The molecule has 0 saturated carbocycles. The van der Waals surface area contributed by atoms with Crippen molar-refractivity contribution in [2.24, 2.45) is 5.92 Å². The summed E-state index contributed by atoms with van der Waals surface area (Å²) in [5.41, 5.74) is 3.09. The van der Waals surface area contributed by atoms with Gasteiger partial charge in [-0.3, -0.25) is 19.4 Å². The molecule has 0 radical (unpaired) electrons. The molecule has 51 heavy (non-hydrogen) atoms. The standard InChI is InChI=1S/C38H29F3N6O4/c39-38(40,41)27-5-1-6-28(17-27)43-35(49)23-9-11-32(46-19-22-14-26(21-46)31-7-2-8-34(48)47(31)20-22)29(15-23)44-36(50)24-10-12-33-30(16-24)45-37(51-33)25-4-3-13-42-18-25/h1-13,15-18,22,26H,14,19-21H2,(H,43,49)(H,44,50). The van der Waals surface area contributed by atoms with Gasteiger partial charge < -0.3 is 24.5 Å². The number of hydrogen-bond acceptors (Lipinski definition) is 7. The Kier molecular flexibility index (Phi) is 7.89. The average molecular weight is 691 g/mol. The number of aromatic nitrogens is 3. The molecule has 3 aromatic heterocycles. The molecule has 1 fully saturated rings. The Bertz CT molecular complexity index is 2370. The van der Waals surface area contributed by atoms with Gasteiger partial charge in [0.2, 0.25) is 5.89 Å². The van der Waals surface area contributed by atoms with E-state index in [2.05, 4.69) is 25.5 Å². The molecule has 2 N–H and O–H groups in total. The van der Waals surface area contributed by atoms with E-state index in [0.29, 0.717) is 59.1 Å². The van der Waals surface area contributed by atoms with E-state index in [9.17, 15) is 27.6 Å². The van der Waals surface area contributed by atoms with E-state index in [1.807, 2.05) is 16.7 Å². The van der Waals surface area contributed by atoms with E-state index in [1.165, 1.54) is 18.2 Å². The highest BCUT2D eigenvalue weighted by molar-refractivity contribution is 6.10. The number of nitrogens with zero attached hydrogens (tertiary/aromatic N) is 4. The number of carbonyl (C=O) groups excluding carboxylic acids is 2. The molecule has 6 aromatic rings. The molecule has 2 aliphatic rings. The van der Waals surface area contributed by atoms with Crippen LogP contribution in [0.1, 0.15) is 44.3 Å². The highest BCUT2D eigenvalue weighted by atomic mass is 19.4. The monoisotopic (exact) mass is 690 g/mol. The number of pyridine rings is 2. The molecule has 5 heterocycles. The first-order valence-corrected chi connectivity index (χ1v) is 16.3. The van der Waals surface area contributed by atoms with Crippen LogP contribution in [0.25, 0.3) is 22.6 Å². The van der Waals surface area contributed by atoms with Gasteiger partial charge in [0.1, 0.15) is 5.52 Å². The lowest BCUT2D eigenvalue weighted by Crippen LogP contribution is -2.47. The lowest BCUT2D eigenvalue weighted by atomic mass is 9.83. The van der Waals surface area contributed by atoms with Gasteiger partial charge in [0.15, 0.2) is 5.58 Å². The van der Waals surface area contributed by atoms with Crippen molar-refractivity contribution in [2.45, 2.75) is 25.1 Å². The number of benzene rings is 3. The van der Waals surface area contributed by atoms with Crippen LogP contribution < -0.4 is 21.1 Å². The fraction of sp³-hybridized carbons (Fsp3) is 0.184. The first kappa shape index (κ1) is 32.0. The summed E-state index contributed by atoms with van der Waals surface area (Å²) in [5, 5.41) is 5.52. The van der Waals surface area contributed by atoms with Crippen molar-refractivity contribution in [2.75, 3.05) is 28.6 Å². The molecular formula is C38H29F3N6O4. The first-order valence-electron chi connectivity index (χ1n) is 16.3. The van der Waals surface area contributed by atoms with Crippen LogP contribution in [0.15, 0.2) is 113 Å². The molecule has 8 rings (SSSR count). The summed E-state index contributed by atoms with van der Waals surface area (Å²) in [5.74, 6) is -0.507. The highest BCUT2D eigenvalue weighted by Gasteiger charge is 2.36. The van der Waals surface area contributed by atoms with Crippen LogP contribution in [-0.2, 0) is 12.7 Å². The van der Waals surface area contributed by atoms with Gasteiger partial charge in [-0.15, -0.1) is 0 Å². The number of nitrogens with one attached hydrogen (secondary N) is 2. The van der Waals surface area contributed by atoms with Crippen LogP contribution in [0.2, 0.25) is 0 Å². The van der Waals surface area contributed by atoms with E-state index in [-0.39, 0.29) is 28.6 Å². The van der Waals surface area contributed by atoms with Gasteiger partial charge in [0.05, 0.1) is 22.5 Å². The van der Waals surface area contributed by atoms with E-state index >= 15 is 0 Å². The van der Waals surface area contributed by atoms with Crippen LogP contribution >= 0.6 is 0 Å². The Hall–Kier alpha value is -6.24. The van der Waals surface area contributed by atoms with Crippen LogP contribution in [0.3, 0.4) is 0 Å². The highest BCUT2D eigenvalue weighted by Crippen LogP contribution is 2.40. The molecule has 10 nitrogen and oxygen atoms in total. The van der Waals surface area contributed by atoms with Crippen molar-refractivity contribution in [1.29, 1.82) is 0 Å². The molecule has 2 aliphatic heterocycles. The number of alkyl halides is 3. The lowest BCUT2D eigenvalue weighted by Gasteiger charge is -2.44. The summed E-state index contributed by atoms with van der Waals surface area (Å²) in [6.07, 6.45) is -0.390. The Balaban J connectivity index is 1.11. The van der Waals surface area contributed by atoms with Crippen molar-refractivity contribution >= 4 is 40.0 Å². The number of rotatable bonds is 6. The van der Waals surface area contributed by atoms with Gasteiger partial charge in [-0.2, -0.15) is 13.2 Å². The Morgan fingerprint density at radius 2 is 1.65 bits per heavy atom. The molecule has 2 unspecified atom stereocenters. The number of fused-ring (bicyclic) bond motifs is 5. The van der Waals surface area contributed by atoms with Crippen molar-refractivity contribution in [3.8, 4) is 11.5 Å². The average Bonchev–Trinajstić information content (AvgIpc) is 3.56. The number of amides is 2. The topological polar surface area (TPSA) is 122 Å². The van der Waals surface area contributed by atoms with Gasteiger partial charge in [-0.1, -0.05) is 12.1 Å². The summed E-state index contributed by atoms with van der Waals surface area (Å²) < 4.78 is 47.7. The van der Waals surface area contributed by atoms with Crippen molar-refractivity contribution < 1.29 is 27.2 Å². The fourth-order valence-electron chi connectivity index (χ4n) is 7.00. The van der Waals surface area contributed by atoms with Crippen molar-refractivity contribution in [3.05, 3.63) is 136 Å². The van der Waals surface area contributed by atoms with Crippen LogP contribution in [0.4, 0.5) is 30.2 Å². The summed E-state index contributed by atoms with van der Waals surface area (Å²) in [6.45, 7) is 1.75. The molecule has 3 aromatic carbocycles. The number of piperidine rings is 1. The second-order valence-corrected chi connectivity index (χ2v) is 12.8. The third-order valence-corrected chi connectivity index (χ3v) is 9.33. The van der Waals surface area contributed by atoms with Gasteiger partial charge in [0.25, 0.3) is 17.4 Å². The van der Waals surface area contributed by atoms with Gasteiger partial charge in [-0.05, 0) is 85.1 Å². The van der Waals surface area contributed by atoms with E-state index in [4.69, 9.17) is 4.42 Å². The molecule has 13 heteroatoms. The van der Waals surface area contributed by atoms with Crippen molar-refractivity contribution in [3.63, 3.8) is 0 Å². The maximum Gasteiger partial charge on any atom is 0.416 e. The number of hydrogen-bond donors (Lipinski definition) is 2. The SMILES string of the molecule is O=C(Nc1cccc(C(F)(F)F)c1)c1ccc(N2CC3CC(C2)c2cccc(=O)n2C3)c(NC(=O)c2ccc3oc(-c4cccnc4)nc3c2)c1. The maximum atomic E-state index is 13.8. The smallest absolute Gasteiger partial charge is 0.416 e. The summed E-state index contributed by atoms with van der Waals surface area (Å²) in [4.78, 5) is 50.6. The maximum absolute atomic E-state index is 13.8. The minimum atomic E-state index is -4.57. The third kappa shape index (κ3) is 6.33. The molecular weight excluding hydrogens is 661 g/mol. The number of carbonyl (C=O) groups is 2. The molecule has 2 amide bonds. The summed E-state index contributed by atoms with van der Waals surface area (Å²) in [6, 6.07) is 23.0. The molecule has 256 valence electrons. The fourth-order valence-corrected chi connectivity index (χ4v) is 7.00. The minimum absolute atomic E-state index is 0.0196. The minimum Gasteiger partial charge on any atom is -0.436 e. The number of halogens is 3. The third-order valence-electron chi connectivity index (χ3n) is 9.33. The predicted molar refractivity (Wildman–Crippen MR) is 185 cm³/mol. The molecule has 1 saturated heterocycles. The zero-order chi connectivity index (χ0) is 35.3. The zero-order valence-corrected chi connectivity index (χ0v) is 26.9. The Morgan fingerprint density at radius 1 is 0.843 bits per heavy atom. The Labute approximate surface area is 288 Å². The summed E-state index contributed by atoms with van der Waals surface area (Å²) in [7, 11) is 0. The number of anilines is 3.